The molecule has 0 atom stereocenters. The third-order valence-corrected chi connectivity index (χ3v) is 4.57. The van der Waals surface area contributed by atoms with E-state index in [9.17, 15) is 0 Å². The van der Waals surface area contributed by atoms with E-state index >= 15 is 0 Å². The van der Waals surface area contributed by atoms with Gasteiger partial charge in [0.05, 0.1) is 0 Å². The van der Waals surface area contributed by atoms with Crippen molar-refractivity contribution in [2.24, 2.45) is 0 Å². The van der Waals surface area contributed by atoms with E-state index in [4.69, 9.17) is 0 Å². The number of allylic oxidation sites excluding steroid dienone is 5. The molecule has 27 heavy (non-hydrogen) atoms. The van der Waals surface area contributed by atoms with Gasteiger partial charge in [-0.15, -0.1) is 0 Å². The molecule has 2 rings (SSSR count). The summed E-state index contributed by atoms with van der Waals surface area (Å²) in [4.78, 5) is 0. The number of rotatable bonds is 4. The third-order valence-electron chi connectivity index (χ3n) is 4.57. The largest absolute Gasteiger partial charge is 0.0955 e. The highest BCUT2D eigenvalue weighted by molar-refractivity contribution is 5.68. The maximum Gasteiger partial charge on any atom is -0.0132 e. The summed E-state index contributed by atoms with van der Waals surface area (Å²) in [6.07, 6.45) is 7.34. The Morgan fingerprint density at radius 3 is 2.04 bits per heavy atom. The molecule has 0 heterocycles. The average molecular weight is 361 g/mol. The molecule has 0 fully saturated rings. The van der Waals surface area contributed by atoms with Crippen LogP contribution in [0.1, 0.15) is 70.7 Å². The van der Waals surface area contributed by atoms with Gasteiger partial charge >= 0.3 is 0 Å². The zero-order valence-corrected chi connectivity index (χ0v) is 18.3. The van der Waals surface area contributed by atoms with Crippen molar-refractivity contribution in [1.29, 1.82) is 0 Å². The Morgan fingerprint density at radius 2 is 1.56 bits per heavy atom. The van der Waals surface area contributed by atoms with Gasteiger partial charge in [-0.3, -0.25) is 0 Å². The van der Waals surface area contributed by atoms with Crippen LogP contribution in [0.25, 0.3) is 11.1 Å². The third kappa shape index (κ3) is 7.83. The summed E-state index contributed by atoms with van der Waals surface area (Å²) >= 11 is 0. The van der Waals surface area contributed by atoms with Gasteiger partial charge < -0.3 is 0 Å². The molecule has 0 aliphatic carbocycles. The van der Waals surface area contributed by atoms with Crippen LogP contribution in [0.15, 0.2) is 73.3 Å². The van der Waals surface area contributed by atoms with Gasteiger partial charge in [-0.05, 0) is 60.4 Å². The standard InChI is InChI=1S/C15H18.C12H18/c1-5-6-7-13(4)15-10-8-14(9-11-15)12(2)3;1-5-10-7-6-8-11(9-10)12(2,3)4/h5-11H,2H2,1,3-4H3;6-9H,5H2,1-4H3/b6-5-,13-7+;. The Morgan fingerprint density at radius 1 is 0.963 bits per heavy atom. The molecular formula is C27H36. The molecule has 0 unspecified atom stereocenters. The molecule has 0 radical (unpaired) electrons. The smallest absolute Gasteiger partial charge is 0.0132 e. The summed E-state index contributed by atoms with van der Waals surface area (Å²) in [5, 5.41) is 0. The van der Waals surface area contributed by atoms with Crippen molar-refractivity contribution < 1.29 is 0 Å². The molecule has 0 aromatic heterocycles. The molecule has 0 saturated heterocycles. The minimum absolute atomic E-state index is 0.283. The van der Waals surface area contributed by atoms with E-state index in [2.05, 4.69) is 102 Å². The fourth-order valence-corrected chi connectivity index (χ4v) is 2.61. The Hall–Kier alpha value is -2.34. The molecule has 0 N–H and O–H groups in total. The zero-order valence-electron chi connectivity index (χ0n) is 18.3. The van der Waals surface area contributed by atoms with Gasteiger partial charge in [-0.2, -0.15) is 0 Å². The van der Waals surface area contributed by atoms with E-state index in [1.54, 1.807) is 0 Å². The van der Waals surface area contributed by atoms with Crippen LogP contribution in [0.4, 0.5) is 0 Å². The fourth-order valence-electron chi connectivity index (χ4n) is 2.61. The lowest BCUT2D eigenvalue weighted by Crippen LogP contribution is -2.10. The first kappa shape index (κ1) is 22.7. The minimum Gasteiger partial charge on any atom is -0.0955 e. The molecule has 0 spiro atoms. The quantitative estimate of drug-likeness (QED) is 0.481. The van der Waals surface area contributed by atoms with Crippen LogP contribution >= 0.6 is 0 Å². The molecular weight excluding hydrogens is 324 g/mol. The van der Waals surface area contributed by atoms with Crippen molar-refractivity contribution in [2.75, 3.05) is 0 Å². The predicted molar refractivity (Wildman–Crippen MR) is 124 cm³/mol. The van der Waals surface area contributed by atoms with Gasteiger partial charge in [0.25, 0.3) is 0 Å². The summed E-state index contributed by atoms with van der Waals surface area (Å²) in [7, 11) is 0. The lowest BCUT2D eigenvalue weighted by atomic mass is 9.86. The first-order valence-electron chi connectivity index (χ1n) is 9.84. The Balaban J connectivity index is 0.000000277. The molecule has 144 valence electrons. The molecule has 0 aliphatic heterocycles. The summed E-state index contributed by atoms with van der Waals surface area (Å²) in [6, 6.07) is 17.4. The van der Waals surface area contributed by atoms with Crippen molar-refractivity contribution in [2.45, 2.75) is 60.3 Å². The Kier molecular flexibility index (Phi) is 9.02. The van der Waals surface area contributed by atoms with E-state index in [-0.39, 0.29) is 5.41 Å². The van der Waals surface area contributed by atoms with Crippen LogP contribution in [0.5, 0.6) is 0 Å². The van der Waals surface area contributed by atoms with Gasteiger partial charge in [-0.25, -0.2) is 0 Å². The van der Waals surface area contributed by atoms with Crippen LogP contribution in [0, 0.1) is 0 Å². The highest BCUT2D eigenvalue weighted by Crippen LogP contribution is 2.22. The van der Waals surface area contributed by atoms with Crippen molar-refractivity contribution >= 4 is 11.1 Å². The van der Waals surface area contributed by atoms with Crippen LogP contribution in [0.3, 0.4) is 0 Å². The molecule has 2 aromatic rings. The maximum atomic E-state index is 3.92. The van der Waals surface area contributed by atoms with Gasteiger partial charge in [0, 0.05) is 0 Å². The molecule has 0 saturated carbocycles. The van der Waals surface area contributed by atoms with Crippen molar-refractivity contribution in [3.8, 4) is 0 Å². The van der Waals surface area contributed by atoms with Crippen LogP contribution in [-0.2, 0) is 11.8 Å². The maximum absolute atomic E-state index is 3.92. The lowest BCUT2D eigenvalue weighted by molar-refractivity contribution is 0.589. The summed E-state index contributed by atoms with van der Waals surface area (Å²) in [5.74, 6) is 0. The monoisotopic (exact) mass is 360 g/mol. The second kappa shape index (κ2) is 10.7. The van der Waals surface area contributed by atoms with Gasteiger partial charge in [0.1, 0.15) is 0 Å². The molecule has 2 aromatic carbocycles. The first-order chi connectivity index (χ1) is 12.7. The minimum atomic E-state index is 0.283. The van der Waals surface area contributed by atoms with E-state index < -0.39 is 0 Å². The Labute approximate surface area is 167 Å². The van der Waals surface area contributed by atoms with Crippen molar-refractivity contribution in [1.82, 2.24) is 0 Å². The van der Waals surface area contributed by atoms with Crippen LogP contribution in [0.2, 0.25) is 0 Å². The fraction of sp³-hybridized carbons (Fsp3) is 0.333. The molecule has 0 amide bonds. The predicted octanol–water partition coefficient (Wildman–Crippen LogP) is 8.25. The second-order valence-electron chi connectivity index (χ2n) is 8.04. The molecule has 0 bridgehead atoms. The number of aryl methyl sites for hydroxylation is 1. The average Bonchev–Trinajstić information content (AvgIpc) is 2.66. The van der Waals surface area contributed by atoms with Crippen molar-refractivity contribution in [3.05, 3.63) is 95.6 Å². The van der Waals surface area contributed by atoms with Gasteiger partial charge in [0.15, 0.2) is 0 Å². The topological polar surface area (TPSA) is 0 Å². The van der Waals surface area contributed by atoms with Gasteiger partial charge in [-0.1, -0.05) is 107 Å². The molecule has 0 heteroatoms. The number of hydrogen-bond donors (Lipinski definition) is 0. The summed E-state index contributed by atoms with van der Waals surface area (Å²) in [6.45, 7) is 19.0. The number of benzene rings is 2. The highest BCUT2D eigenvalue weighted by atomic mass is 14.2. The van der Waals surface area contributed by atoms with E-state index in [1.165, 1.54) is 27.8 Å². The van der Waals surface area contributed by atoms with E-state index in [0.29, 0.717) is 0 Å². The van der Waals surface area contributed by atoms with E-state index in [1.807, 2.05) is 19.9 Å². The van der Waals surface area contributed by atoms with Gasteiger partial charge in [0.2, 0.25) is 0 Å². The van der Waals surface area contributed by atoms with Crippen molar-refractivity contribution in [3.63, 3.8) is 0 Å². The first-order valence-corrected chi connectivity index (χ1v) is 9.84. The summed E-state index contributed by atoms with van der Waals surface area (Å²) in [5.41, 5.74) is 8.00. The SMILES string of the molecule is C=C(C)c1ccc(/C(C)=C/C=C\C)cc1.CCc1cccc(C(C)(C)C)c1. The van der Waals surface area contributed by atoms with E-state index in [0.717, 1.165) is 12.0 Å². The lowest BCUT2D eigenvalue weighted by Gasteiger charge is -2.19. The Bertz CT molecular complexity index is 778. The van der Waals surface area contributed by atoms with Crippen LogP contribution < -0.4 is 0 Å². The van der Waals surface area contributed by atoms with Crippen LogP contribution in [-0.4, -0.2) is 0 Å². The second-order valence-corrected chi connectivity index (χ2v) is 8.04. The normalized spacial score (nSPS) is 11.9. The zero-order chi connectivity index (χ0) is 20.4. The molecule has 0 aliphatic rings. The highest BCUT2D eigenvalue weighted by Gasteiger charge is 2.12. The summed E-state index contributed by atoms with van der Waals surface area (Å²) < 4.78 is 0. The number of hydrogen-bond acceptors (Lipinski definition) is 0. The molecule has 0 nitrogen and oxygen atoms in total.